The second kappa shape index (κ2) is 7.96. The van der Waals surface area contributed by atoms with Crippen molar-refractivity contribution in [1.82, 2.24) is 0 Å². The van der Waals surface area contributed by atoms with Crippen molar-refractivity contribution in [3.05, 3.63) is 52.1 Å². The summed E-state index contributed by atoms with van der Waals surface area (Å²) in [6.07, 6.45) is 0.917. The maximum absolute atomic E-state index is 12.5. The number of aromatic hydroxyl groups is 1. The zero-order valence-electron chi connectivity index (χ0n) is 15.5. The molecule has 0 aliphatic carbocycles. The molecule has 1 aromatic carbocycles. The number of nitriles is 1. The normalized spacial score (nSPS) is 18.2. The molecule has 1 aliphatic rings. The summed E-state index contributed by atoms with van der Waals surface area (Å²) >= 11 is 0. The lowest BCUT2D eigenvalue weighted by molar-refractivity contribution is -0.139. The maximum atomic E-state index is 12.5. The third kappa shape index (κ3) is 3.52. The highest BCUT2D eigenvalue weighted by Gasteiger charge is 2.37. The van der Waals surface area contributed by atoms with Gasteiger partial charge in [0.05, 0.1) is 18.1 Å². The third-order valence-corrected chi connectivity index (χ3v) is 4.64. The molecule has 1 aliphatic heterocycles. The quantitative estimate of drug-likeness (QED) is 0.782. The molecular weight excluding hydrogens is 332 g/mol. The van der Waals surface area contributed by atoms with Crippen LogP contribution in [0.3, 0.4) is 0 Å². The first-order valence-corrected chi connectivity index (χ1v) is 8.63. The molecule has 2 rings (SSSR count). The Kier molecular flexibility index (Phi) is 5.93. The molecule has 0 spiro atoms. The number of rotatable bonds is 5. The fraction of sp³-hybridized carbons (Fsp3) is 0.400. The van der Waals surface area contributed by atoms with Crippen LogP contribution in [0, 0.1) is 11.3 Å². The Morgan fingerprint density at radius 2 is 2.15 bits per heavy atom. The van der Waals surface area contributed by atoms with Crippen molar-refractivity contribution in [2.75, 3.05) is 6.61 Å². The van der Waals surface area contributed by atoms with Gasteiger partial charge in [-0.15, -0.1) is 0 Å². The summed E-state index contributed by atoms with van der Waals surface area (Å²) in [4.78, 5) is 12.5. The number of nitrogens with zero attached hydrogens (tertiary/aromatic N) is 1. The zero-order chi connectivity index (χ0) is 19.4. The number of phenolic OH excluding ortho intramolecular Hbond substituents is 1. The largest absolute Gasteiger partial charge is 0.508 e. The maximum Gasteiger partial charge on any atom is 0.338 e. The summed E-state index contributed by atoms with van der Waals surface area (Å²) in [5.41, 5.74) is 7.58. The number of carbonyl (C=O) groups is 1. The number of carbonyl (C=O) groups excluding carboxylic acids is 1. The Hall–Kier alpha value is -2.94. The Bertz CT molecular complexity index is 818. The van der Waals surface area contributed by atoms with Crippen LogP contribution >= 0.6 is 0 Å². The molecular formula is C20H24N2O4. The molecule has 0 radical (unpaired) electrons. The van der Waals surface area contributed by atoms with Crippen molar-refractivity contribution in [2.24, 2.45) is 5.73 Å². The van der Waals surface area contributed by atoms with Crippen LogP contribution in [0.1, 0.15) is 57.1 Å². The minimum Gasteiger partial charge on any atom is -0.508 e. The Labute approximate surface area is 153 Å². The average Bonchev–Trinajstić information content (AvgIpc) is 2.61. The van der Waals surface area contributed by atoms with Crippen molar-refractivity contribution >= 4 is 5.97 Å². The van der Waals surface area contributed by atoms with E-state index in [1.807, 2.05) is 18.2 Å². The van der Waals surface area contributed by atoms with Gasteiger partial charge in [0.1, 0.15) is 23.2 Å². The summed E-state index contributed by atoms with van der Waals surface area (Å²) in [6, 6.07) is 7.25. The van der Waals surface area contributed by atoms with Gasteiger partial charge in [0.2, 0.25) is 5.88 Å². The van der Waals surface area contributed by atoms with E-state index in [1.54, 1.807) is 19.9 Å². The van der Waals surface area contributed by atoms with Gasteiger partial charge in [-0.05, 0) is 37.8 Å². The SMILES string of the molecule is CCOC(=O)C1=C(C)OC(N)=C(C#N)C1c1cc(C(C)CC)ccc1O. The van der Waals surface area contributed by atoms with Gasteiger partial charge in [-0.2, -0.15) is 5.26 Å². The summed E-state index contributed by atoms with van der Waals surface area (Å²) in [5, 5.41) is 20.1. The monoisotopic (exact) mass is 356 g/mol. The minimum absolute atomic E-state index is 0.0147. The number of ether oxygens (including phenoxy) is 2. The second-order valence-corrected chi connectivity index (χ2v) is 6.24. The zero-order valence-corrected chi connectivity index (χ0v) is 15.5. The Morgan fingerprint density at radius 3 is 2.73 bits per heavy atom. The van der Waals surface area contributed by atoms with Crippen LogP contribution in [0.4, 0.5) is 0 Å². The van der Waals surface area contributed by atoms with Gasteiger partial charge in [-0.25, -0.2) is 4.79 Å². The summed E-state index contributed by atoms with van der Waals surface area (Å²) in [5.74, 6) is -0.994. The molecule has 6 heteroatoms. The van der Waals surface area contributed by atoms with Crippen molar-refractivity contribution in [3.8, 4) is 11.8 Å². The number of allylic oxidation sites excluding steroid dienone is 2. The molecule has 0 saturated carbocycles. The number of esters is 1. The van der Waals surface area contributed by atoms with Crippen LogP contribution in [0.15, 0.2) is 41.0 Å². The van der Waals surface area contributed by atoms with E-state index in [-0.39, 0.29) is 41.1 Å². The number of benzene rings is 1. The van der Waals surface area contributed by atoms with Gasteiger partial charge in [-0.3, -0.25) is 0 Å². The van der Waals surface area contributed by atoms with E-state index in [9.17, 15) is 15.2 Å². The fourth-order valence-electron chi connectivity index (χ4n) is 3.01. The number of hydrogen-bond acceptors (Lipinski definition) is 6. The van der Waals surface area contributed by atoms with Crippen molar-refractivity contribution < 1.29 is 19.4 Å². The van der Waals surface area contributed by atoms with Crippen LogP contribution in [0.5, 0.6) is 5.75 Å². The highest BCUT2D eigenvalue weighted by Crippen LogP contribution is 2.43. The molecule has 0 bridgehead atoms. The molecule has 1 aromatic rings. The first kappa shape index (κ1) is 19.4. The van der Waals surface area contributed by atoms with Crippen molar-refractivity contribution in [1.29, 1.82) is 5.26 Å². The molecule has 0 saturated heterocycles. The highest BCUT2D eigenvalue weighted by atomic mass is 16.5. The molecule has 1 heterocycles. The van der Waals surface area contributed by atoms with E-state index in [0.717, 1.165) is 12.0 Å². The van der Waals surface area contributed by atoms with Gasteiger partial charge in [-0.1, -0.05) is 26.0 Å². The van der Waals surface area contributed by atoms with Gasteiger partial charge in [0.15, 0.2) is 0 Å². The van der Waals surface area contributed by atoms with Gasteiger partial charge in [0.25, 0.3) is 0 Å². The van der Waals surface area contributed by atoms with E-state index in [0.29, 0.717) is 5.56 Å². The molecule has 26 heavy (non-hydrogen) atoms. The predicted octanol–water partition coefficient (Wildman–Crippen LogP) is 3.55. The lowest BCUT2D eigenvalue weighted by Crippen LogP contribution is -2.25. The standard InChI is InChI=1S/C20H24N2O4/c1-5-11(3)13-7-8-16(23)14(9-13)18-15(10-21)19(22)26-12(4)17(18)20(24)25-6-2/h7-9,11,18,23H,5-6,22H2,1-4H3. The lowest BCUT2D eigenvalue weighted by atomic mass is 9.81. The predicted molar refractivity (Wildman–Crippen MR) is 96.8 cm³/mol. The Morgan fingerprint density at radius 1 is 1.46 bits per heavy atom. The molecule has 6 nitrogen and oxygen atoms in total. The van der Waals surface area contributed by atoms with Gasteiger partial charge < -0.3 is 20.3 Å². The van der Waals surface area contributed by atoms with E-state index in [2.05, 4.69) is 13.8 Å². The highest BCUT2D eigenvalue weighted by molar-refractivity contribution is 5.92. The van der Waals surface area contributed by atoms with E-state index < -0.39 is 11.9 Å². The van der Waals surface area contributed by atoms with Crippen LogP contribution in [0.25, 0.3) is 0 Å². The van der Waals surface area contributed by atoms with Gasteiger partial charge >= 0.3 is 5.97 Å². The average molecular weight is 356 g/mol. The summed E-state index contributed by atoms with van der Waals surface area (Å²) in [7, 11) is 0. The van der Waals surface area contributed by atoms with E-state index in [1.165, 1.54) is 0 Å². The van der Waals surface area contributed by atoms with Crippen LogP contribution in [0.2, 0.25) is 0 Å². The summed E-state index contributed by atoms with van der Waals surface area (Å²) in [6.45, 7) is 7.61. The van der Waals surface area contributed by atoms with E-state index in [4.69, 9.17) is 15.2 Å². The molecule has 2 unspecified atom stereocenters. The molecule has 3 N–H and O–H groups in total. The number of nitrogens with two attached hydrogens (primary N) is 1. The first-order valence-electron chi connectivity index (χ1n) is 8.63. The topological polar surface area (TPSA) is 106 Å². The number of hydrogen-bond donors (Lipinski definition) is 2. The fourth-order valence-corrected chi connectivity index (χ4v) is 3.01. The minimum atomic E-state index is -0.836. The first-order chi connectivity index (χ1) is 12.3. The van der Waals surface area contributed by atoms with Gasteiger partial charge in [0, 0.05) is 5.56 Å². The smallest absolute Gasteiger partial charge is 0.338 e. The van der Waals surface area contributed by atoms with Crippen molar-refractivity contribution in [2.45, 2.75) is 46.0 Å². The van der Waals surface area contributed by atoms with Crippen LogP contribution in [-0.2, 0) is 14.3 Å². The van der Waals surface area contributed by atoms with Crippen LogP contribution < -0.4 is 5.73 Å². The summed E-state index contributed by atoms with van der Waals surface area (Å²) < 4.78 is 10.5. The lowest BCUT2D eigenvalue weighted by Gasteiger charge is -2.27. The number of phenols is 1. The molecule has 138 valence electrons. The second-order valence-electron chi connectivity index (χ2n) is 6.24. The molecule has 0 aromatic heterocycles. The Balaban J connectivity index is 2.69. The van der Waals surface area contributed by atoms with Crippen molar-refractivity contribution in [3.63, 3.8) is 0 Å². The molecule has 2 atom stereocenters. The molecule has 0 fully saturated rings. The molecule has 0 amide bonds. The third-order valence-electron chi connectivity index (χ3n) is 4.64. The van der Waals surface area contributed by atoms with Crippen LogP contribution in [-0.4, -0.2) is 17.7 Å². The van der Waals surface area contributed by atoms with E-state index >= 15 is 0 Å².